The van der Waals surface area contributed by atoms with Gasteiger partial charge in [-0.15, -0.1) is 0 Å². The molecule has 0 spiro atoms. The van der Waals surface area contributed by atoms with Crippen LogP contribution in [0.15, 0.2) is 261 Å². The van der Waals surface area contributed by atoms with Crippen LogP contribution in [0.25, 0.3) is 111 Å². The molecule has 344 valence electrons. The molecule has 73 heavy (non-hydrogen) atoms. The minimum absolute atomic E-state index is 0.574. The zero-order chi connectivity index (χ0) is 48.7. The first-order chi connectivity index (χ1) is 36.1. The summed E-state index contributed by atoms with van der Waals surface area (Å²) in [7, 11) is 0. The number of para-hydroxylation sites is 3. The monoisotopic (exact) mass is 934 g/mol. The van der Waals surface area contributed by atoms with E-state index in [1.165, 1.54) is 21.5 Å². The highest BCUT2D eigenvalue weighted by Crippen LogP contribution is 2.41. The first kappa shape index (κ1) is 43.3. The standard InChI is InChI=1S/C67H46N6/c1-45(72(58-23-6-3-7-24-58)44-57-22-14-15-39-68-57)46-27-31-50(32-28-46)66-70-64(49-35-37-59(38-36-49)73-63-26-13-12-25-62(63)69-67(73)51-18-4-2-5-19-51)61-43-56(54-33-29-47-16-8-10-20-52(47)40-54)42-60(65(61)71-66)55-34-30-48-17-9-11-21-53(48)41-55/h2-43H,1,44H2. The number of fused-ring (bicyclic) bond motifs is 4. The molecule has 13 aromatic rings. The van der Waals surface area contributed by atoms with Crippen molar-refractivity contribution >= 4 is 54.9 Å². The van der Waals surface area contributed by atoms with Crippen LogP contribution in [0.2, 0.25) is 0 Å². The number of imidazole rings is 1. The lowest BCUT2D eigenvalue weighted by molar-refractivity contribution is 0.934. The molecule has 0 saturated carbocycles. The second-order valence-corrected chi connectivity index (χ2v) is 18.4. The zero-order valence-electron chi connectivity index (χ0n) is 39.8. The molecule has 6 heteroatoms. The van der Waals surface area contributed by atoms with Crippen LogP contribution in [0.1, 0.15) is 11.3 Å². The van der Waals surface area contributed by atoms with E-state index >= 15 is 0 Å². The van der Waals surface area contributed by atoms with Crippen molar-refractivity contribution in [1.82, 2.24) is 24.5 Å². The number of rotatable bonds is 11. The smallest absolute Gasteiger partial charge is 0.160 e. The van der Waals surface area contributed by atoms with Gasteiger partial charge in [0.1, 0.15) is 5.82 Å². The van der Waals surface area contributed by atoms with Gasteiger partial charge in [-0.2, -0.15) is 0 Å². The van der Waals surface area contributed by atoms with E-state index in [9.17, 15) is 0 Å². The van der Waals surface area contributed by atoms with Crippen molar-refractivity contribution < 1.29 is 0 Å². The zero-order valence-corrected chi connectivity index (χ0v) is 39.8. The maximum absolute atomic E-state index is 5.56. The van der Waals surface area contributed by atoms with E-state index in [2.05, 4.69) is 233 Å². The highest BCUT2D eigenvalue weighted by Gasteiger charge is 2.21. The van der Waals surface area contributed by atoms with Gasteiger partial charge in [0.05, 0.1) is 34.5 Å². The normalized spacial score (nSPS) is 11.4. The summed E-state index contributed by atoms with van der Waals surface area (Å²) in [5.41, 5.74) is 15.8. The fourth-order valence-electron chi connectivity index (χ4n) is 10.1. The molecular weight excluding hydrogens is 889 g/mol. The lowest BCUT2D eigenvalue weighted by atomic mass is 9.92. The maximum Gasteiger partial charge on any atom is 0.160 e. The van der Waals surface area contributed by atoms with Crippen molar-refractivity contribution in [1.29, 1.82) is 0 Å². The predicted octanol–water partition coefficient (Wildman–Crippen LogP) is 16.7. The molecule has 0 aliphatic rings. The van der Waals surface area contributed by atoms with Gasteiger partial charge in [-0.05, 0) is 117 Å². The van der Waals surface area contributed by atoms with Crippen LogP contribution in [-0.4, -0.2) is 24.5 Å². The number of pyridine rings is 1. The first-order valence-corrected chi connectivity index (χ1v) is 24.6. The van der Waals surface area contributed by atoms with Crippen molar-refractivity contribution in [3.8, 4) is 62.0 Å². The molecule has 0 unspecified atom stereocenters. The molecule has 0 radical (unpaired) electrons. The Morgan fingerprint density at radius 2 is 1.07 bits per heavy atom. The quantitative estimate of drug-likeness (QED) is 0.129. The number of benzene rings is 10. The Labute approximate surface area is 423 Å². The van der Waals surface area contributed by atoms with E-state index in [1.807, 2.05) is 42.6 Å². The lowest BCUT2D eigenvalue weighted by Crippen LogP contribution is -2.21. The molecule has 0 aliphatic heterocycles. The first-order valence-electron chi connectivity index (χ1n) is 24.6. The summed E-state index contributed by atoms with van der Waals surface area (Å²) < 4.78 is 2.25. The number of aromatic nitrogens is 5. The van der Waals surface area contributed by atoms with Gasteiger partial charge in [0.2, 0.25) is 0 Å². The highest BCUT2D eigenvalue weighted by molar-refractivity contribution is 6.06. The van der Waals surface area contributed by atoms with Gasteiger partial charge in [-0.25, -0.2) is 15.0 Å². The van der Waals surface area contributed by atoms with Crippen LogP contribution < -0.4 is 4.90 Å². The topological polar surface area (TPSA) is 59.7 Å². The summed E-state index contributed by atoms with van der Waals surface area (Å²) in [6.07, 6.45) is 1.83. The molecule has 10 aromatic carbocycles. The number of hydrogen-bond donors (Lipinski definition) is 0. The summed E-state index contributed by atoms with van der Waals surface area (Å²) in [4.78, 5) is 23.1. The summed E-state index contributed by atoms with van der Waals surface area (Å²) in [5, 5.41) is 5.70. The lowest BCUT2D eigenvalue weighted by Gasteiger charge is -2.27. The molecule has 0 atom stereocenters. The third-order valence-corrected chi connectivity index (χ3v) is 13.9. The minimum Gasteiger partial charge on any atom is -0.335 e. The third-order valence-electron chi connectivity index (χ3n) is 13.9. The van der Waals surface area contributed by atoms with Gasteiger partial charge in [0.15, 0.2) is 5.82 Å². The highest BCUT2D eigenvalue weighted by atomic mass is 15.1. The van der Waals surface area contributed by atoms with Crippen molar-refractivity contribution in [2.45, 2.75) is 6.54 Å². The van der Waals surface area contributed by atoms with Crippen LogP contribution >= 0.6 is 0 Å². The Morgan fingerprint density at radius 1 is 0.452 bits per heavy atom. The SMILES string of the molecule is C=C(c1ccc(-c2nc(-c3ccc(-n4c(-c5ccccc5)nc5ccccc54)cc3)c3cc(-c4ccc5ccccc5c4)cc(-c4ccc5ccccc5c4)c3n2)cc1)N(Cc1ccccn1)c1ccccc1. The van der Waals surface area contributed by atoms with Gasteiger partial charge in [0, 0.05) is 50.9 Å². The average Bonchev–Trinajstić information content (AvgIpc) is 3.86. The largest absolute Gasteiger partial charge is 0.335 e. The fourth-order valence-corrected chi connectivity index (χ4v) is 10.1. The van der Waals surface area contributed by atoms with E-state index in [0.717, 1.165) is 101 Å². The second kappa shape index (κ2) is 18.5. The molecule has 0 bridgehead atoms. The Bertz CT molecular complexity index is 4170. The van der Waals surface area contributed by atoms with Gasteiger partial charge in [-0.3, -0.25) is 9.55 Å². The van der Waals surface area contributed by atoms with Crippen molar-refractivity contribution in [3.05, 3.63) is 273 Å². The molecule has 3 aromatic heterocycles. The summed E-state index contributed by atoms with van der Waals surface area (Å²) in [5.74, 6) is 1.52. The van der Waals surface area contributed by atoms with E-state index in [4.69, 9.17) is 15.0 Å². The van der Waals surface area contributed by atoms with E-state index in [0.29, 0.717) is 12.4 Å². The van der Waals surface area contributed by atoms with Crippen LogP contribution in [0.5, 0.6) is 0 Å². The molecule has 6 nitrogen and oxygen atoms in total. The van der Waals surface area contributed by atoms with Crippen LogP contribution in [0, 0.1) is 0 Å². The molecule has 3 heterocycles. The van der Waals surface area contributed by atoms with E-state index in [-0.39, 0.29) is 0 Å². The molecule has 0 saturated heterocycles. The number of anilines is 1. The molecule has 0 amide bonds. The molecule has 0 N–H and O–H groups in total. The average molecular weight is 935 g/mol. The van der Waals surface area contributed by atoms with Crippen LogP contribution in [0.3, 0.4) is 0 Å². The van der Waals surface area contributed by atoms with Crippen molar-refractivity contribution in [2.75, 3.05) is 4.90 Å². The van der Waals surface area contributed by atoms with E-state index in [1.54, 1.807) is 0 Å². The third kappa shape index (κ3) is 8.27. The second-order valence-electron chi connectivity index (χ2n) is 18.4. The molecule has 13 rings (SSSR count). The Hall–Kier alpha value is -9.78. The van der Waals surface area contributed by atoms with E-state index < -0.39 is 0 Å². The minimum atomic E-state index is 0.574. The molecule has 0 aliphatic carbocycles. The van der Waals surface area contributed by atoms with Gasteiger partial charge in [-0.1, -0.05) is 183 Å². The van der Waals surface area contributed by atoms with Gasteiger partial charge in [0.25, 0.3) is 0 Å². The predicted molar refractivity (Wildman–Crippen MR) is 302 cm³/mol. The molecular formula is C67H46N6. The summed E-state index contributed by atoms with van der Waals surface area (Å²) in [6, 6.07) is 87.4. The summed E-state index contributed by atoms with van der Waals surface area (Å²) in [6.45, 7) is 5.21. The Morgan fingerprint density at radius 3 is 1.79 bits per heavy atom. The number of nitrogens with zero attached hydrogens (tertiary/aromatic N) is 6. The van der Waals surface area contributed by atoms with Gasteiger partial charge >= 0.3 is 0 Å². The maximum atomic E-state index is 5.56. The number of hydrogen-bond acceptors (Lipinski definition) is 5. The van der Waals surface area contributed by atoms with Gasteiger partial charge < -0.3 is 4.90 Å². The Balaban J connectivity index is 0.995. The Kier molecular flexibility index (Phi) is 11.0. The van der Waals surface area contributed by atoms with Crippen LogP contribution in [0.4, 0.5) is 5.69 Å². The van der Waals surface area contributed by atoms with Crippen molar-refractivity contribution in [3.63, 3.8) is 0 Å². The van der Waals surface area contributed by atoms with Crippen LogP contribution in [-0.2, 0) is 6.54 Å². The summed E-state index contributed by atoms with van der Waals surface area (Å²) >= 11 is 0. The fraction of sp³-hybridized carbons (Fsp3) is 0.0149. The molecule has 0 fully saturated rings. The van der Waals surface area contributed by atoms with Crippen molar-refractivity contribution in [2.24, 2.45) is 0 Å².